The number of hydrogen-bond acceptors (Lipinski definition) is 6. The monoisotopic (exact) mass is 429 g/mol. The first-order valence-electron chi connectivity index (χ1n) is 8.15. The molecule has 2 aromatic rings. The SMILES string of the molecule is NS(=O)(=O)c1cccc(NC(=O)C2CCCN(S(=O)(=O)c3cccs3)C2)c1. The van der Waals surface area contributed by atoms with Gasteiger partial charge in [0.15, 0.2) is 0 Å². The van der Waals surface area contributed by atoms with E-state index in [1.807, 2.05) is 0 Å². The Labute approximate surface area is 162 Å². The van der Waals surface area contributed by atoms with Gasteiger partial charge in [0, 0.05) is 18.8 Å². The second-order valence-electron chi connectivity index (χ2n) is 6.20. The molecule has 1 saturated heterocycles. The van der Waals surface area contributed by atoms with Gasteiger partial charge >= 0.3 is 0 Å². The van der Waals surface area contributed by atoms with Crippen LogP contribution in [0.2, 0.25) is 0 Å². The predicted molar refractivity (Wildman–Crippen MR) is 102 cm³/mol. The summed E-state index contributed by atoms with van der Waals surface area (Å²) in [6, 6.07) is 8.85. The summed E-state index contributed by atoms with van der Waals surface area (Å²) < 4.78 is 49.8. The summed E-state index contributed by atoms with van der Waals surface area (Å²) in [5, 5.41) is 9.45. The van der Waals surface area contributed by atoms with E-state index in [4.69, 9.17) is 5.14 Å². The van der Waals surface area contributed by atoms with Crippen molar-refractivity contribution in [1.82, 2.24) is 4.31 Å². The highest BCUT2D eigenvalue weighted by Gasteiger charge is 2.33. The molecule has 0 spiro atoms. The molecule has 2 heterocycles. The van der Waals surface area contributed by atoms with Crippen molar-refractivity contribution in [3.63, 3.8) is 0 Å². The van der Waals surface area contributed by atoms with Gasteiger partial charge in [-0.25, -0.2) is 22.0 Å². The lowest BCUT2D eigenvalue weighted by molar-refractivity contribution is -0.120. The van der Waals surface area contributed by atoms with E-state index in [9.17, 15) is 21.6 Å². The Bertz CT molecular complexity index is 1030. The van der Waals surface area contributed by atoms with E-state index in [0.29, 0.717) is 25.1 Å². The van der Waals surface area contributed by atoms with Gasteiger partial charge in [0.1, 0.15) is 4.21 Å². The summed E-state index contributed by atoms with van der Waals surface area (Å²) in [6.07, 6.45) is 1.12. The lowest BCUT2D eigenvalue weighted by Gasteiger charge is -2.30. The van der Waals surface area contributed by atoms with E-state index < -0.39 is 26.0 Å². The number of thiophene rings is 1. The van der Waals surface area contributed by atoms with E-state index in [1.54, 1.807) is 23.6 Å². The number of nitrogens with two attached hydrogens (primary N) is 1. The number of nitrogens with one attached hydrogen (secondary N) is 1. The zero-order valence-electron chi connectivity index (χ0n) is 14.2. The Hall–Kier alpha value is -1.79. The number of amides is 1. The van der Waals surface area contributed by atoms with Crippen LogP contribution in [-0.4, -0.2) is 40.1 Å². The first-order chi connectivity index (χ1) is 12.7. The van der Waals surface area contributed by atoms with Crippen LogP contribution in [0.1, 0.15) is 12.8 Å². The van der Waals surface area contributed by atoms with Gasteiger partial charge in [-0.3, -0.25) is 4.79 Å². The summed E-state index contributed by atoms with van der Waals surface area (Å²) in [5.74, 6) is -0.876. The van der Waals surface area contributed by atoms with Crippen LogP contribution in [0.5, 0.6) is 0 Å². The minimum atomic E-state index is -3.88. The zero-order chi connectivity index (χ0) is 19.7. The van der Waals surface area contributed by atoms with E-state index in [1.165, 1.54) is 22.5 Å². The fraction of sp³-hybridized carbons (Fsp3) is 0.312. The van der Waals surface area contributed by atoms with Crippen LogP contribution in [-0.2, 0) is 24.8 Å². The van der Waals surface area contributed by atoms with E-state index in [2.05, 4.69) is 5.32 Å². The van der Waals surface area contributed by atoms with Crippen molar-refractivity contribution in [2.45, 2.75) is 21.9 Å². The van der Waals surface area contributed by atoms with Crippen LogP contribution in [0.25, 0.3) is 0 Å². The van der Waals surface area contributed by atoms with Gasteiger partial charge in [-0.15, -0.1) is 11.3 Å². The van der Waals surface area contributed by atoms with Crippen molar-refractivity contribution in [2.24, 2.45) is 11.1 Å². The van der Waals surface area contributed by atoms with E-state index in [0.717, 1.165) is 11.3 Å². The molecule has 1 amide bonds. The number of benzene rings is 1. The number of piperidine rings is 1. The summed E-state index contributed by atoms with van der Waals surface area (Å²) in [4.78, 5) is 12.5. The lowest BCUT2D eigenvalue weighted by Crippen LogP contribution is -2.43. The standard InChI is InChI=1S/C16H19N3O5S3/c17-26(21,22)14-6-1-5-13(10-14)18-16(20)12-4-2-8-19(11-12)27(23,24)15-7-3-9-25-15/h1,3,5-7,9-10,12H,2,4,8,11H2,(H,18,20)(H2,17,21,22). The van der Waals surface area contributed by atoms with Crippen molar-refractivity contribution in [3.05, 3.63) is 41.8 Å². The van der Waals surface area contributed by atoms with Crippen LogP contribution in [0.4, 0.5) is 5.69 Å². The lowest BCUT2D eigenvalue weighted by atomic mass is 9.99. The highest BCUT2D eigenvalue weighted by atomic mass is 32.2. The molecule has 1 atom stereocenters. The molecular formula is C16H19N3O5S3. The molecule has 3 rings (SSSR count). The molecular weight excluding hydrogens is 410 g/mol. The van der Waals surface area contributed by atoms with Crippen molar-refractivity contribution in [3.8, 4) is 0 Å². The smallest absolute Gasteiger partial charge is 0.252 e. The van der Waals surface area contributed by atoms with Crippen molar-refractivity contribution >= 4 is 43.0 Å². The molecule has 0 radical (unpaired) electrons. The van der Waals surface area contributed by atoms with Crippen molar-refractivity contribution < 1.29 is 21.6 Å². The van der Waals surface area contributed by atoms with Gasteiger partial charge in [0.2, 0.25) is 15.9 Å². The number of carbonyl (C=O) groups excluding carboxylic acids is 1. The van der Waals surface area contributed by atoms with Crippen molar-refractivity contribution in [1.29, 1.82) is 0 Å². The molecule has 1 fully saturated rings. The first-order valence-corrected chi connectivity index (χ1v) is 12.0. The first kappa shape index (κ1) is 20.0. The van der Waals surface area contributed by atoms with Crippen LogP contribution >= 0.6 is 11.3 Å². The van der Waals surface area contributed by atoms with Gasteiger partial charge < -0.3 is 5.32 Å². The van der Waals surface area contributed by atoms with E-state index >= 15 is 0 Å². The fourth-order valence-electron chi connectivity index (χ4n) is 2.91. The van der Waals surface area contributed by atoms with Gasteiger partial charge in [-0.2, -0.15) is 4.31 Å². The van der Waals surface area contributed by atoms with Gasteiger partial charge in [-0.05, 0) is 42.5 Å². The summed E-state index contributed by atoms with van der Waals surface area (Å²) in [7, 11) is -7.48. The number of primary sulfonamides is 1. The normalized spacial score (nSPS) is 18.9. The molecule has 0 aliphatic carbocycles. The van der Waals surface area contributed by atoms with Crippen LogP contribution in [0.15, 0.2) is 50.9 Å². The third kappa shape index (κ3) is 4.55. The highest BCUT2D eigenvalue weighted by molar-refractivity contribution is 7.91. The molecule has 146 valence electrons. The fourth-order valence-corrected chi connectivity index (χ4v) is 6.14. The van der Waals surface area contributed by atoms with Gasteiger partial charge in [0.25, 0.3) is 10.0 Å². The Kier molecular flexibility index (Phi) is 5.68. The average molecular weight is 430 g/mol. The topological polar surface area (TPSA) is 127 Å². The minimum absolute atomic E-state index is 0.0843. The largest absolute Gasteiger partial charge is 0.326 e. The molecule has 1 aliphatic heterocycles. The van der Waals surface area contributed by atoms with Crippen LogP contribution in [0.3, 0.4) is 0 Å². The van der Waals surface area contributed by atoms with Crippen molar-refractivity contribution in [2.75, 3.05) is 18.4 Å². The average Bonchev–Trinajstić information content (AvgIpc) is 3.17. The molecule has 1 aromatic carbocycles. The molecule has 1 aromatic heterocycles. The predicted octanol–water partition coefficient (Wildman–Crippen LogP) is 1.43. The Morgan fingerprint density at radius 1 is 1.19 bits per heavy atom. The van der Waals surface area contributed by atoms with E-state index in [-0.39, 0.29) is 21.6 Å². The third-order valence-electron chi connectivity index (χ3n) is 4.27. The van der Waals surface area contributed by atoms with Gasteiger partial charge in [0.05, 0.1) is 10.8 Å². The molecule has 27 heavy (non-hydrogen) atoms. The minimum Gasteiger partial charge on any atom is -0.326 e. The number of hydrogen-bond donors (Lipinski definition) is 2. The Balaban J connectivity index is 1.72. The molecule has 1 unspecified atom stereocenters. The second kappa shape index (κ2) is 7.68. The van der Waals surface area contributed by atoms with Crippen LogP contribution < -0.4 is 10.5 Å². The number of sulfonamides is 2. The summed E-state index contributed by atoms with van der Waals surface area (Å²) in [5.41, 5.74) is 0.296. The Morgan fingerprint density at radius 3 is 2.63 bits per heavy atom. The number of carbonyl (C=O) groups is 1. The second-order valence-corrected chi connectivity index (χ2v) is 10.9. The third-order valence-corrected chi connectivity index (χ3v) is 8.42. The summed E-state index contributed by atoms with van der Waals surface area (Å²) >= 11 is 1.14. The maximum atomic E-state index is 12.7. The number of nitrogens with zero attached hydrogens (tertiary/aromatic N) is 1. The number of rotatable bonds is 5. The highest BCUT2D eigenvalue weighted by Crippen LogP contribution is 2.27. The zero-order valence-corrected chi connectivity index (χ0v) is 16.7. The molecule has 0 bridgehead atoms. The maximum Gasteiger partial charge on any atom is 0.252 e. The Morgan fingerprint density at radius 2 is 1.96 bits per heavy atom. The molecule has 0 saturated carbocycles. The molecule has 1 aliphatic rings. The molecule has 11 heteroatoms. The maximum absolute atomic E-state index is 12.7. The molecule has 3 N–H and O–H groups in total. The summed E-state index contributed by atoms with van der Waals surface area (Å²) in [6.45, 7) is 0.450. The molecule has 8 nitrogen and oxygen atoms in total. The number of anilines is 1. The quantitative estimate of drug-likeness (QED) is 0.743. The van der Waals surface area contributed by atoms with Crippen LogP contribution in [0, 0.1) is 5.92 Å². The van der Waals surface area contributed by atoms with Gasteiger partial charge in [-0.1, -0.05) is 12.1 Å².